The summed E-state index contributed by atoms with van der Waals surface area (Å²) in [7, 11) is 0. The lowest BCUT2D eigenvalue weighted by atomic mass is 9.88. The molecular weight excluding hydrogens is 492 g/mol. The van der Waals surface area contributed by atoms with Crippen LogP contribution in [0.2, 0.25) is 5.02 Å². The van der Waals surface area contributed by atoms with E-state index in [9.17, 15) is 18.7 Å². The molecule has 1 aromatic carbocycles. The number of benzene rings is 1. The summed E-state index contributed by atoms with van der Waals surface area (Å²) in [4.78, 5) is 25.3. The van der Waals surface area contributed by atoms with Gasteiger partial charge in [0, 0.05) is 54.3 Å². The third-order valence-corrected chi connectivity index (χ3v) is 7.58. The topological polar surface area (TPSA) is 105 Å². The van der Waals surface area contributed by atoms with Crippen molar-refractivity contribution in [1.29, 1.82) is 0 Å². The summed E-state index contributed by atoms with van der Waals surface area (Å²) in [6.45, 7) is 0.367. The van der Waals surface area contributed by atoms with Crippen LogP contribution in [0.15, 0.2) is 36.3 Å². The van der Waals surface area contributed by atoms with E-state index in [-0.39, 0.29) is 54.9 Å². The van der Waals surface area contributed by atoms with Crippen molar-refractivity contribution in [2.45, 2.75) is 37.5 Å². The van der Waals surface area contributed by atoms with Gasteiger partial charge in [-0.15, -0.1) is 0 Å². The molecule has 0 spiro atoms. The largest absolute Gasteiger partial charge is 0.492 e. The highest BCUT2D eigenvalue weighted by Crippen LogP contribution is 2.39. The van der Waals surface area contributed by atoms with Gasteiger partial charge in [0.1, 0.15) is 18.2 Å². The van der Waals surface area contributed by atoms with Crippen molar-refractivity contribution in [3.63, 3.8) is 0 Å². The van der Waals surface area contributed by atoms with Crippen molar-refractivity contribution in [1.82, 2.24) is 19.8 Å². The van der Waals surface area contributed by atoms with Crippen molar-refractivity contribution >= 4 is 23.1 Å². The van der Waals surface area contributed by atoms with E-state index >= 15 is 0 Å². The van der Waals surface area contributed by atoms with Crippen molar-refractivity contribution in [3.8, 4) is 5.75 Å². The molecular formula is C25H28ClF2N5O3. The van der Waals surface area contributed by atoms with E-state index in [2.05, 4.69) is 9.97 Å². The van der Waals surface area contributed by atoms with Gasteiger partial charge in [0.05, 0.1) is 36.4 Å². The zero-order valence-electron chi connectivity index (χ0n) is 19.6. The fraction of sp³-hybridized carbons (Fsp3) is 0.480. The Kier molecular flexibility index (Phi) is 7.09. The summed E-state index contributed by atoms with van der Waals surface area (Å²) in [5, 5.41) is 11.3. The van der Waals surface area contributed by atoms with Crippen LogP contribution in [-0.4, -0.2) is 81.9 Å². The Labute approximate surface area is 212 Å². The fourth-order valence-corrected chi connectivity index (χ4v) is 5.73. The first-order valence-corrected chi connectivity index (χ1v) is 12.4. The van der Waals surface area contributed by atoms with E-state index in [4.69, 9.17) is 22.1 Å². The van der Waals surface area contributed by atoms with Gasteiger partial charge in [-0.1, -0.05) is 11.6 Å². The molecule has 5 rings (SSSR count). The molecule has 0 saturated carbocycles. The van der Waals surface area contributed by atoms with Gasteiger partial charge in [0.2, 0.25) is 0 Å². The first-order valence-electron chi connectivity index (χ1n) is 12.0. The molecule has 1 amide bonds. The highest BCUT2D eigenvalue weighted by atomic mass is 35.5. The van der Waals surface area contributed by atoms with E-state index in [1.807, 2.05) is 4.90 Å². The summed E-state index contributed by atoms with van der Waals surface area (Å²) < 4.78 is 33.0. The Balaban J connectivity index is 1.28. The number of rotatable bonds is 7. The number of nitrogens with zero attached hydrogens (tertiary/aromatic N) is 4. The van der Waals surface area contributed by atoms with E-state index in [1.165, 1.54) is 35.5 Å². The van der Waals surface area contributed by atoms with Crippen molar-refractivity contribution in [2.75, 3.05) is 32.9 Å². The molecule has 2 saturated heterocycles. The first-order chi connectivity index (χ1) is 17.4. The molecule has 3 aliphatic rings. The maximum absolute atomic E-state index is 14.1. The van der Waals surface area contributed by atoms with Gasteiger partial charge in [0.25, 0.3) is 5.91 Å². The number of ether oxygens (including phenoxy) is 1. The number of carbonyl (C=O) groups is 1. The summed E-state index contributed by atoms with van der Waals surface area (Å²) in [6.07, 6.45) is 4.63. The van der Waals surface area contributed by atoms with Gasteiger partial charge in [-0.2, -0.15) is 0 Å². The Hall–Kier alpha value is -2.82. The molecule has 11 heteroatoms. The SMILES string of the molecule is NC1=C(c2ncc(Cl)cn2)CN(C(=O)c2ccc(F)cc2OCC2C[C@@H]3CC[C@H](C2O)N3CCF)C1. The second-order valence-corrected chi connectivity index (χ2v) is 9.99. The van der Waals surface area contributed by atoms with Crippen LogP contribution in [0.25, 0.3) is 5.57 Å². The molecule has 3 aliphatic heterocycles. The van der Waals surface area contributed by atoms with Crippen LogP contribution < -0.4 is 10.5 Å². The van der Waals surface area contributed by atoms with Crippen LogP contribution in [0.3, 0.4) is 0 Å². The smallest absolute Gasteiger partial charge is 0.258 e. The molecule has 4 heterocycles. The quantitative estimate of drug-likeness (QED) is 0.579. The molecule has 1 aromatic heterocycles. The van der Waals surface area contributed by atoms with E-state index in [0.29, 0.717) is 35.1 Å². The predicted octanol–water partition coefficient (Wildman–Crippen LogP) is 2.66. The average Bonchev–Trinajstić information content (AvgIpc) is 3.40. The number of carbonyl (C=O) groups excluding carboxylic acids is 1. The number of hydrogen-bond acceptors (Lipinski definition) is 7. The van der Waals surface area contributed by atoms with Gasteiger partial charge in [0.15, 0.2) is 5.82 Å². The third-order valence-electron chi connectivity index (χ3n) is 7.39. The molecule has 8 nitrogen and oxygen atoms in total. The number of piperidine rings is 1. The highest BCUT2D eigenvalue weighted by molar-refractivity contribution is 6.30. The van der Waals surface area contributed by atoms with Gasteiger partial charge in [-0.3, -0.25) is 9.69 Å². The molecule has 2 bridgehead atoms. The standard InChI is InChI=1S/C25H28ClF2N5O3/c26-15-9-30-24(31-10-15)19-11-32(12-20(19)29)25(35)18-3-1-16(28)8-22(18)36-13-14-7-17-2-4-21(23(14)34)33(17)6-5-27/h1,3,8-10,14,17,21,23,34H,2,4-7,11-13,29H2/t14?,17-,21+,23?/m0/s1. The summed E-state index contributed by atoms with van der Waals surface area (Å²) in [5.74, 6) is -0.585. The second-order valence-electron chi connectivity index (χ2n) is 9.55. The zero-order valence-corrected chi connectivity index (χ0v) is 20.4. The van der Waals surface area contributed by atoms with Crippen molar-refractivity contribution in [3.05, 3.63) is 58.5 Å². The average molecular weight is 520 g/mol. The van der Waals surface area contributed by atoms with Gasteiger partial charge >= 0.3 is 0 Å². The van der Waals surface area contributed by atoms with Crippen LogP contribution in [0, 0.1) is 11.7 Å². The van der Waals surface area contributed by atoms with Crippen molar-refractivity contribution in [2.24, 2.45) is 11.7 Å². The number of nitrogens with two attached hydrogens (primary N) is 1. The predicted molar refractivity (Wildman–Crippen MR) is 130 cm³/mol. The van der Waals surface area contributed by atoms with Crippen LogP contribution in [0.4, 0.5) is 8.78 Å². The maximum atomic E-state index is 14.1. The van der Waals surface area contributed by atoms with Crippen LogP contribution in [-0.2, 0) is 0 Å². The molecule has 4 atom stereocenters. The summed E-state index contributed by atoms with van der Waals surface area (Å²) >= 11 is 5.87. The number of amides is 1. The number of aliphatic hydroxyl groups excluding tert-OH is 1. The minimum Gasteiger partial charge on any atom is -0.492 e. The summed E-state index contributed by atoms with van der Waals surface area (Å²) in [5.41, 5.74) is 7.48. The lowest BCUT2D eigenvalue weighted by molar-refractivity contribution is -0.0434. The fourth-order valence-electron chi connectivity index (χ4n) is 5.64. The number of aromatic nitrogens is 2. The number of halogens is 3. The van der Waals surface area contributed by atoms with Crippen LogP contribution in [0.1, 0.15) is 35.4 Å². The molecule has 2 fully saturated rings. The molecule has 0 radical (unpaired) electrons. The lowest BCUT2D eigenvalue weighted by Crippen LogP contribution is -2.53. The molecule has 192 valence electrons. The number of hydrogen-bond donors (Lipinski definition) is 2. The minimum atomic E-state index is -0.674. The molecule has 2 aromatic rings. The van der Waals surface area contributed by atoms with E-state index in [1.54, 1.807) is 0 Å². The monoisotopic (exact) mass is 519 g/mol. The number of alkyl halides is 1. The maximum Gasteiger partial charge on any atom is 0.258 e. The van der Waals surface area contributed by atoms with Gasteiger partial charge < -0.3 is 20.5 Å². The van der Waals surface area contributed by atoms with Gasteiger partial charge in [-0.25, -0.2) is 18.7 Å². The van der Waals surface area contributed by atoms with E-state index < -0.39 is 18.6 Å². The van der Waals surface area contributed by atoms with Gasteiger partial charge in [-0.05, 0) is 31.4 Å². The van der Waals surface area contributed by atoms with Crippen LogP contribution in [0.5, 0.6) is 5.75 Å². The van der Waals surface area contributed by atoms with E-state index in [0.717, 1.165) is 12.8 Å². The summed E-state index contributed by atoms with van der Waals surface area (Å²) in [6, 6.07) is 3.88. The third kappa shape index (κ3) is 4.77. The normalized spacial score (nSPS) is 26.1. The molecule has 0 aliphatic carbocycles. The number of aliphatic hydroxyl groups is 1. The zero-order chi connectivity index (χ0) is 25.4. The lowest BCUT2D eigenvalue weighted by Gasteiger charge is -2.42. The first kappa shape index (κ1) is 24.9. The molecule has 3 N–H and O–H groups in total. The molecule has 36 heavy (non-hydrogen) atoms. The molecule has 2 unspecified atom stereocenters. The second kappa shape index (κ2) is 10.3. The Morgan fingerprint density at radius 1 is 1.25 bits per heavy atom. The van der Waals surface area contributed by atoms with Crippen molar-refractivity contribution < 1.29 is 23.4 Å². The number of fused-ring (bicyclic) bond motifs is 2. The Morgan fingerprint density at radius 2 is 2.03 bits per heavy atom. The highest BCUT2D eigenvalue weighted by Gasteiger charge is 2.46. The minimum absolute atomic E-state index is 0.103. The van der Waals surface area contributed by atoms with Crippen LogP contribution >= 0.6 is 11.6 Å². The Morgan fingerprint density at radius 3 is 2.78 bits per heavy atom. The Bertz CT molecular complexity index is 1160.